The van der Waals surface area contributed by atoms with E-state index in [1.165, 1.54) is 41.3 Å². The van der Waals surface area contributed by atoms with E-state index in [9.17, 15) is 25.0 Å². The highest BCUT2D eigenvalue weighted by Gasteiger charge is 2.28. The fourth-order valence-corrected chi connectivity index (χ4v) is 7.20. The molecule has 0 saturated carbocycles. The topological polar surface area (TPSA) is 153 Å². The van der Waals surface area contributed by atoms with Crippen LogP contribution in [0.25, 0.3) is 17.5 Å². The predicted molar refractivity (Wildman–Crippen MR) is 167 cm³/mol. The summed E-state index contributed by atoms with van der Waals surface area (Å²) in [5.41, 5.74) is 1.91. The molecule has 0 spiro atoms. The van der Waals surface area contributed by atoms with Crippen LogP contribution in [0.3, 0.4) is 0 Å². The molecule has 0 unspecified atom stereocenters. The molecule has 13 heteroatoms. The van der Waals surface area contributed by atoms with E-state index >= 15 is 0 Å². The number of esters is 1. The second kappa shape index (κ2) is 13.7. The van der Waals surface area contributed by atoms with Crippen molar-refractivity contribution < 1.29 is 19.2 Å². The number of non-ortho nitro benzene ring substituents is 1. The molecule has 4 aromatic rings. The standard InChI is InChI=1S/C31H28N6O5S2/c1-3-36-27(19-10-6-5-7-11-19)34-35-31(36)44-24-15-14-22(37(40)41)17-20(24)16-21(18-32)28(38)33-29-26(30(39)42-4-2)23-12-8-9-13-25(23)43-29/h5-7,10-11,14-17H,3-4,8-9,12-13H2,1-2H3,(H,33,38). The number of hydrogen-bond donors (Lipinski definition) is 1. The lowest BCUT2D eigenvalue weighted by atomic mass is 9.95. The molecule has 5 rings (SSSR count). The third-order valence-corrected chi connectivity index (χ3v) is 9.30. The third-order valence-electron chi connectivity index (χ3n) is 7.01. The Kier molecular flexibility index (Phi) is 9.52. The van der Waals surface area contributed by atoms with Crippen LogP contribution in [-0.2, 0) is 28.9 Å². The number of benzene rings is 2. The van der Waals surface area contributed by atoms with Crippen LogP contribution >= 0.6 is 23.1 Å². The highest BCUT2D eigenvalue weighted by atomic mass is 32.2. The van der Waals surface area contributed by atoms with Gasteiger partial charge in [0.25, 0.3) is 11.6 Å². The first-order valence-electron chi connectivity index (χ1n) is 14.0. The van der Waals surface area contributed by atoms with E-state index in [4.69, 9.17) is 4.74 Å². The number of carbonyl (C=O) groups excluding carboxylic acids is 2. The summed E-state index contributed by atoms with van der Waals surface area (Å²) in [6, 6.07) is 15.7. The molecule has 0 aliphatic heterocycles. The number of hydrogen-bond acceptors (Lipinski definition) is 10. The molecule has 2 aromatic carbocycles. The molecule has 0 atom stereocenters. The van der Waals surface area contributed by atoms with Crippen LogP contribution in [0.15, 0.2) is 64.2 Å². The number of nitro benzene ring substituents is 1. The van der Waals surface area contributed by atoms with Crippen molar-refractivity contribution >= 4 is 51.7 Å². The van der Waals surface area contributed by atoms with Gasteiger partial charge in [0.2, 0.25) is 0 Å². The molecule has 2 heterocycles. The average Bonchev–Trinajstić information content (AvgIpc) is 3.61. The number of aryl methyl sites for hydroxylation is 1. The summed E-state index contributed by atoms with van der Waals surface area (Å²) >= 11 is 2.54. The lowest BCUT2D eigenvalue weighted by Crippen LogP contribution is -2.16. The Morgan fingerprint density at radius 1 is 1.18 bits per heavy atom. The molecule has 224 valence electrons. The Hall–Kier alpha value is -4.80. The Balaban J connectivity index is 1.50. The van der Waals surface area contributed by atoms with Crippen LogP contribution in [-0.4, -0.2) is 38.2 Å². The van der Waals surface area contributed by atoms with Gasteiger partial charge < -0.3 is 14.6 Å². The molecule has 0 fully saturated rings. The van der Waals surface area contributed by atoms with E-state index < -0.39 is 16.8 Å². The molecular formula is C31H28N6O5S2. The highest BCUT2D eigenvalue weighted by Crippen LogP contribution is 2.39. The minimum atomic E-state index is -0.734. The van der Waals surface area contributed by atoms with Gasteiger partial charge in [-0.2, -0.15) is 5.26 Å². The number of nitro groups is 1. The summed E-state index contributed by atoms with van der Waals surface area (Å²) in [6.07, 6.45) is 4.73. The van der Waals surface area contributed by atoms with E-state index in [1.54, 1.807) is 13.0 Å². The Morgan fingerprint density at radius 3 is 2.66 bits per heavy atom. The summed E-state index contributed by atoms with van der Waals surface area (Å²) < 4.78 is 7.19. The minimum Gasteiger partial charge on any atom is -0.462 e. The molecule has 0 radical (unpaired) electrons. The quantitative estimate of drug-likeness (QED) is 0.0665. The number of amides is 1. The van der Waals surface area contributed by atoms with Gasteiger partial charge in [0.15, 0.2) is 11.0 Å². The zero-order valence-corrected chi connectivity index (χ0v) is 25.7. The Bertz CT molecular complexity index is 1810. The van der Waals surface area contributed by atoms with Gasteiger partial charge in [-0.25, -0.2) is 4.79 Å². The van der Waals surface area contributed by atoms with Crippen LogP contribution < -0.4 is 5.32 Å². The van der Waals surface area contributed by atoms with E-state index in [0.29, 0.717) is 45.0 Å². The molecular weight excluding hydrogens is 601 g/mol. The van der Waals surface area contributed by atoms with Gasteiger partial charge in [0, 0.05) is 34.0 Å². The van der Waals surface area contributed by atoms with Crippen molar-refractivity contribution in [3.8, 4) is 17.5 Å². The fourth-order valence-electron chi connectivity index (χ4n) is 4.95. The molecule has 1 aliphatic carbocycles. The van der Waals surface area contributed by atoms with Gasteiger partial charge in [-0.15, -0.1) is 21.5 Å². The average molecular weight is 629 g/mol. The SMILES string of the molecule is CCOC(=O)c1c(NC(=O)C(C#N)=Cc2cc([N+](=O)[O-])ccc2Sc2nnc(-c3ccccc3)n2CC)sc2c1CCCC2. The number of anilines is 1. The van der Waals surface area contributed by atoms with E-state index in [1.807, 2.05) is 47.9 Å². The second-order valence-corrected chi connectivity index (χ2v) is 11.9. The monoisotopic (exact) mass is 628 g/mol. The van der Waals surface area contributed by atoms with Crippen molar-refractivity contribution in [3.05, 3.63) is 85.8 Å². The van der Waals surface area contributed by atoms with Crippen molar-refractivity contribution in [2.75, 3.05) is 11.9 Å². The number of carbonyl (C=O) groups is 2. The minimum absolute atomic E-state index is 0.187. The molecule has 1 aliphatic rings. The molecule has 44 heavy (non-hydrogen) atoms. The van der Waals surface area contributed by atoms with Gasteiger partial charge in [0.05, 0.1) is 17.1 Å². The summed E-state index contributed by atoms with van der Waals surface area (Å²) in [5.74, 6) is -0.582. The first-order valence-corrected chi connectivity index (χ1v) is 15.7. The molecule has 1 N–H and O–H groups in total. The highest BCUT2D eigenvalue weighted by molar-refractivity contribution is 7.99. The van der Waals surface area contributed by atoms with Crippen molar-refractivity contribution in [1.82, 2.24) is 14.8 Å². The first kappa shape index (κ1) is 30.7. The summed E-state index contributed by atoms with van der Waals surface area (Å²) in [4.78, 5) is 38.9. The predicted octanol–water partition coefficient (Wildman–Crippen LogP) is 6.69. The first-order chi connectivity index (χ1) is 21.3. The summed E-state index contributed by atoms with van der Waals surface area (Å²) in [7, 11) is 0. The molecule has 1 amide bonds. The van der Waals surface area contributed by atoms with Crippen molar-refractivity contribution in [3.63, 3.8) is 0 Å². The summed E-state index contributed by atoms with van der Waals surface area (Å²) in [6.45, 7) is 4.43. The molecule has 2 aromatic heterocycles. The number of nitrogens with zero attached hydrogens (tertiary/aromatic N) is 5. The normalized spacial score (nSPS) is 12.7. The largest absolute Gasteiger partial charge is 0.462 e. The van der Waals surface area contributed by atoms with Gasteiger partial charge in [-0.05, 0) is 74.6 Å². The van der Waals surface area contributed by atoms with Crippen LogP contribution in [0.1, 0.15) is 53.1 Å². The van der Waals surface area contributed by atoms with Crippen LogP contribution in [0.5, 0.6) is 0 Å². The van der Waals surface area contributed by atoms with Crippen molar-refractivity contribution in [2.45, 2.75) is 56.1 Å². The fraction of sp³-hybridized carbons (Fsp3) is 0.258. The maximum atomic E-state index is 13.4. The number of fused-ring (bicyclic) bond motifs is 1. The third kappa shape index (κ3) is 6.41. The summed E-state index contributed by atoms with van der Waals surface area (Å²) in [5, 5.41) is 34.0. The van der Waals surface area contributed by atoms with E-state index in [2.05, 4.69) is 15.5 Å². The van der Waals surface area contributed by atoms with Gasteiger partial charge in [-0.3, -0.25) is 14.9 Å². The maximum absolute atomic E-state index is 13.4. The van der Waals surface area contributed by atoms with Gasteiger partial charge in [-0.1, -0.05) is 30.3 Å². The number of thiophene rings is 1. The number of ether oxygens (including phenoxy) is 1. The lowest BCUT2D eigenvalue weighted by molar-refractivity contribution is -0.384. The Labute approximate surface area is 261 Å². The van der Waals surface area contributed by atoms with Gasteiger partial charge >= 0.3 is 5.97 Å². The maximum Gasteiger partial charge on any atom is 0.341 e. The number of nitriles is 1. The molecule has 11 nitrogen and oxygen atoms in total. The zero-order chi connectivity index (χ0) is 31.2. The second-order valence-electron chi connectivity index (χ2n) is 9.76. The van der Waals surface area contributed by atoms with Gasteiger partial charge in [0.1, 0.15) is 16.6 Å². The Morgan fingerprint density at radius 2 is 1.95 bits per heavy atom. The number of rotatable bonds is 10. The van der Waals surface area contributed by atoms with Crippen LogP contribution in [0, 0.1) is 21.4 Å². The zero-order valence-electron chi connectivity index (χ0n) is 24.0. The van der Waals surface area contributed by atoms with Crippen LogP contribution in [0.2, 0.25) is 0 Å². The van der Waals surface area contributed by atoms with Crippen LogP contribution in [0.4, 0.5) is 10.7 Å². The number of aromatic nitrogens is 3. The molecule has 0 saturated heterocycles. The van der Waals surface area contributed by atoms with E-state index in [-0.39, 0.29) is 17.9 Å². The van der Waals surface area contributed by atoms with E-state index in [0.717, 1.165) is 35.3 Å². The number of nitrogens with one attached hydrogen (secondary N) is 1. The smallest absolute Gasteiger partial charge is 0.341 e. The van der Waals surface area contributed by atoms with Crippen molar-refractivity contribution in [2.24, 2.45) is 0 Å². The lowest BCUT2D eigenvalue weighted by Gasteiger charge is -2.12. The van der Waals surface area contributed by atoms with Crippen molar-refractivity contribution in [1.29, 1.82) is 5.26 Å². The molecule has 0 bridgehead atoms.